The molecule has 0 aliphatic carbocycles. The Bertz CT molecular complexity index is 1340. The molecule has 3 rings (SSSR count). The molecule has 1 N–H and O–H groups in total. The van der Waals surface area contributed by atoms with Crippen molar-refractivity contribution in [2.75, 3.05) is 24.5 Å². The number of methoxy groups -OCH3 is 1. The van der Waals surface area contributed by atoms with Gasteiger partial charge in [-0.2, -0.15) is 0 Å². The molecule has 208 valence electrons. The largest absolute Gasteiger partial charge is 0.497 e. The van der Waals surface area contributed by atoms with Crippen molar-refractivity contribution < 1.29 is 22.7 Å². The SMILES string of the molecule is COc1ccc(S(=O)(=O)N(CC(=O)N(Cc2ccc(C)cc2)C(C)C(=O)NCC(C)C)c2ccccc2)cc1. The van der Waals surface area contributed by atoms with Crippen LogP contribution < -0.4 is 14.4 Å². The van der Waals surface area contributed by atoms with Crippen molar-refractivity contribution in [1.29, 1.82) is 0 Å². The second-order valence-electron chi connectivity index (χ2n) is 9.84. The normalized spacial score (nSPS) is 12.1. The molecule has 3 aromatic rings. The fraction of sp³-hybridized carbons (Fsp3) is 0.333. The summed E-state index contributed by atoms with van der Waals surface area (Å²) in [5.41, 5.74) is 2.25. The first-order valence-electron chi connectivity index (χ1n) is 12.9. The van der Waals surface area contributed by atoms with Gasteiger partial charge in [0.25, 0.3) is 10.0 Å². The molecule has 1 atom stereocenters. The predicted octanol–water partition coefficient (Wildman–Crippen LogP) is 4.39. The molecule has 0 aliphatic heterocycles. The molecule has 0 bridgehead atoms. The first-order chi connectivity index (χ1) is 18.5. The van der Waals surface area contributed by atoms with E-state index in [1.165, 1.54) is 24.1 Å². The van der Waals surface area contributed by atoms with Crippen LogP contribution in [0.4, 0.5) is 5.69 Å². The van der Waals surface area contributed by atoms with Crippen LogP contribution in [0, 0.1) is 12.8 Å². The van der Waals surface area contributed by atoms with Crippen LogP contribution in [0.3, 0.4) is 0 Å². The van der Waals surface area contributed by atoms with E-state index in [-0.39, 0.29) is 23.3 Å². The van der Waals surface area contributed by atoms with Crippen molar-refractivity contribution in [3.05, 3.63) is 90.0 Å². The van der Waals surface area contributed by atoms with E-state index >= 15 is 0 Å². The van der Waals surface area contributed by atoms with Gasteiger partial charge in [-0.25, -0.2) is 8.42 Å². The minimum absolute atomic E-state index is 0.0211. The molecule has 8 nitrogen and oxygen atoms in total. The fourth-order valence-corrected chi connectivity index (χ4v) is 5.34. The first kappa shape index (κ1) is 29.7. The van der Waals surface area contributed by atoms with E-state index in [9.17, 15) is 18.0 Å². The number of rotatable bonds is 12. The van der Waals surface area contributed by atoms with Gasteiger partial charge in [-0.3, -0.25) is 13.9 Å². The number of anilines is 1. The smallest absolute Gasteiger partial charge is 0.264 e. The highest BCUT2D eigenvalue weighted by molar-refractivity contribution is 7.92. The summed E-state index contributed by atoms with van der Waals surface area (Å²) in [6, 6.07) is 21.3. The number of benzene rings is 3. The van der Waals surface area contributed by atoms with Gasteiger partial charge in [0, 0.05) is 13.1 Å². The van der Waals surface area contributed by atoms with Crippen molar-refractivity contribution >= 4 is 27.5 Å². The number of amides is 2. The highest BCUT2D eigenvalue weighted by Crippen LogP contribution is 2.25. The Morgan fingerprint density at radius 1 is 0.897 bits per heavy atom. The Labute approximate surface area is 231 Å². The summed E-state index contributed by atoms with van der Waals surface area (Å²) >= 11 is 0. The summed E-state index contributed by atoms with van der Waals surface area (Å²) in [7, 11) is -2.62. The standard InChI is InChI=1S/C30H37N3O5S/c1-22(2)19-31-30(35)24(4)32(20-25-13-11-23(3)12-14-25)29(34)21-33(26-9-7-6-8-10-26)39(36,37)28-17-15-27(38-5)16-18-28/h6-18,22,24H,19-21H2,1-5H3,(H,31,35). The maximum absolute atomic E-state index is 13.9. The van der Waals surface area contributed by atoms with E-state index < -0.39 is 28.5 Å². The third-order valence-corrected chi connectivity index (χ3v) is 8.08. The van der Waals surface area contributed by atoms with Gasteiger partial charge in [0.05, 0.1) is 17.7 Å². The van der Waals surface area contributed by atoms with Crippen LogP contribution in [0.25, 0.3) is 0 Å². The number of hydrogen-bond acceptors (Lipinski definition) is 5. The van der Waals surface area contributed by atoms with Crippen molar-refractivity contribution in [3.8, 4) is 5.75 Å². The van der Waals surface area contributed by atoms with E-state index in [1.807, 2.05) is 45.0 Å². The van der Waals surface area contributed by atoms with Crippen LogP contribution in [0.1, 0.15) is 31.9 Å². The molecule has 0 aromatic heterocycles. The Kier molecular flexibility index (Phi) is 10.1. The minimum Gasteiger partial charge on any atom is -0.497 e. The monoisotopic (exact) mass is 551 g/mol. The van der Waals surface area contributed by atoms with E-state index in [0.717, 1.165) is 15.4 Å². The quantitative estimate of drug-likeness (QED) is 0.360. The van der Waals surface area contributed by atoms with Gasteiger partial charge in [0.1, 0.15) is 18.3 Å². The molecule has 0 radical (unpaired) electrons. The molecule has 0 spiro atoms. The topological polar surface area (TPSA) is 96.0 Å². The van der Waals surface area contributed by atoms with Crippen molar-refractivity contribution in [2.45, 2.75) is 45.2 Å². The van der Waals surface area contributed by atoms with E-state index in [0.29, 0.717) is 18.0 Å². The molecule has 0 heterocycles. The molecule has 0 saturated carbocycles. The van der Waals surface area contributed by atoms with Crippen molar-refractivity contribution in [1.82, 2.24) is 10.2 Å². The van der Waals surface area contributed by atoms with Crippen LogP contribution in [0.2, 0.25) is 0 Å². The number of nitrogens with zero attached hydrogens (tertiary/aromatic N) is 2. The van der Waals surface area contributed by atoms with Gasteiger partial charge >= 0.3 is 0 Å². The lowest BCUT2D eigenvalue weighted by Crippen LogP contribution is -2.51. The zero-order valence-corrected chi connectivity index (χ0v) is 23.9. The van der Waals surface area contributed by atoms with Gasteiger partial charge in [-0.1, -0.05) is 61.9 Å². The van der Waals surface area contributed by atoms with E-state index in [4.69, 9.17) is 4.74 Å². The van der Waals surface area contributed by atoms with Crippen LogP contribution >= 0.6 is 0 Å². The number of sulfonamides is 1. The molecule has 0 saturated heterocycles. The number of hydrogen-bond donors (Lipinski definition) is 1. The summed E-state index contributed by atoms with van der Waals surface area (Å²) in [4.78, 5) is 28.4. The van der Waals surface area contributed by atoms with Crippen LogP contribution in [0.5, 0.6) is 5.75 Å². The van der Waals surface area contributed by atoms with Crippen LogP contribution in [-0.2, 0) is 26.2 Å². The van der Waals surface area contributed by atoms with Gasteiger partial charge in [-0.05, 0) is 61.7 Å². The molecule has 9 heteroatoms. The summed E-state index contributed by atoms with van der Waals surface area (Å²) in [6.07, 6.45) is 0. The number of aryl methyl sites for hydroxylation is 1. The van der Waals surface area contributed by atoms with E-state index in [2.05, 4.69) is 5.32 Å². The molecular formula is C30H37N3O5S. The number of para-hydroxylation sites is 1. The number of carbonyl (C=O) groups is 2. The fourth-order valence-electron chi connectivity index (χ4n) is 3.92. The number of ether oxygens (including phenoxy) is 1. The highest BCUT2D eigenvalue weighted by Gasteiger charge is 2.32. The second-order valence-corrected chi connectivity index (χ2v) is 11.7. The molecular weight excluding hydrogens is 514 g/mol. The lowest BCUT2D eigenvalue weighted by molar-refractivity contribution is -0.139. The predicted molar refractivity (Wildman–Crippen MR) is 153 cm³/mol. The minimum atomic E-state index is -4.12. The average Bonchev–Trinajstić information content (AvgIpc) is 2.94. The summed E-state index contributed by atoms with van der Waals surface area (Å²) < 4.78 is 33.8. The lowest BCUT2D eigenvalue weighted by atomic mass is 10.1. The molecule has 2 amide bonds. The highest BCUT2D eigenvalue weighted by atomic mass is 32.2. The average molecular weight is 552 g/mol. The molecule has 1 unspecified atom stereocenters. The maximum Gasteiger partial charge on any atom is 0.264 e. The Morgan fingerprint density at radius 3 is 2.08 bits per heavy atom. The van der Waals surface area contributed by atoms with Gasteiger partial charge < -0.3 is 15.0 Å². The summed E-state index contributed by atoms with van der Waals surface area (Å²) in [5.74, 6) is -0.0375. The second kappa shape index (κ2) is 13.3. The zero-order valence-electron chi connectivity index (χ0n) is 23.1. The van der Waals surface area contributed by atoms with Crippen LogP contribution in [-0.4, -0.2) is 51.4 Å². The van der Waals surface area contributed by atoms with Crippen LogP contribution in [0.15, 0.2) is 83.8 Å². The van der Waals surface area contributed by atoms with Crippen molar-refractivity contribution in [3.63, 3.8) is 0 Å². The van der Waals surface area contributed by atoms with Gasteiger partial charge in [-0.15, -0.1) is 0 Å². The first-order valence-corrected chi connectivity index (χ1v) is 14.3. The Hall–Kier alpha value is -3.85. The van der Waals surface area contributed by atoms with E-state index in [1.54, 1.807) is 49.4 Å². The summed E-state index contributed by atoms with van der Waals surface area (Å²) in [5, 5.41) is 2.89. The molecule has 0 aliphatic rings. The summed E-state index contributed by atoms with van der Waals surface area (Å²) in [6.45, 7) is 7.75. The number of nitrogens with one attached hydrogen (secondary N) is 1. The molecule has 39 heavy (non-hydrogen) atoms. The van der Waals surface area contributed by atoms with Crippen molar-refractivity contribution in [2.24, 2.45) is 5.92 Å². The van der Waals surface area contributed by atoms with Gasteiger partial charge in [0.15, 0.2) is 0 Å². The third-order valence-electron chi connectivity index (χ3n) is 6.30. The maximum atomic E-state index is 13.9. The Balaban J connectivity index is 1.98. The Morgan fingerprint density at radius 2 is 1.51 bits per heavy atom. The van der Waals surface area contributed by atoms with Gasteiger partial charge in [0.2, 0.25) is 11.8 Å². The lowest BCUT2D eigenvalue weighted by Gasteiger charge is -2.32. The zero-order chi connectivity index (χ0) is 28.6. The molecule has 0 fully saturated rings. The third kappa shape index (κ3) is 7.83. The molecule has 3 aromatic carbocycles. The number of carbonyl (C=O) groups excluding carboxylic acids is 2.